The Morgan fingerprint density at radius 1 is 1.26 bits per heavy atom. The first-order chi connectivity index (χ1) is 11.0. The molecule has 1 aromatic rings. The van der Waals surface area contributed by atoms with Crippen molar-refractivity contribution in [2.75, 3.05) is 6.54 Å². The highest BCUT2D eigenvalue weighted by molar-refractivity contribution is 5.79. The van der Waals surface area contributed by atoms with Gasteiger partial charge in [-0.05, 0) is 30.7 Å². The number of hydrogen-bond donors (Lipinski definition) is 3. The van der Waals surface area contributed by atoms with Gasteiger partial charge in [-0.15, -0.1) is 0 Å². The van der Waals surface area contributed by atoms with E-state index >= 15 is 0 Å². The lowest BCUT2D eigenvalue weighted by Gasteiger charge is -2.26. The monoisotopic (exact) mass is 318 g/mol. The molecule has 1 aromatic carbocycles. The molecule has 0 heterocycles. The third-order valence-corrected chi connectivity index (χ3v) is 4.31. The first kappa shape index (κ1) is 17.5. The van der Waals surface area contributed by atoms with Gasteiger partial charge >= 0.3 is 0 Å². The normalized spacial score (nSPS) is 22.2. The zero-order valence-electron chi connectivity index (χ0n) is 13.6. The Bertz CT molecular complexity index is 518. The topological polar surface area (TPSA) is 78.4 Å². The number of aliphatic hydroxyl groups excluding tert-OH is 1. The Hall–Kier alpha value is -1.88. The quantitative estimate of drug-likeness (QED) is 0.750. The van der Waals surface area contributed by atoms with Crippen LogP contribution in [0.1, 0.15) is 50.6 Å². The number of carbonyl (C=O) groups is 2. The second kappa shape index (κ2) is 8.67. The standard InChI is InChI=1S/C18H26N2O3/c1-13(21)20-17(15-7-3-2-4-8-15)11-18(23)19-12-14-6-5-9-16(22)10-14/h2-4,7-8,14,16-17,22H,5-6,9-12H2,1H3,(H,19,23)(H,20,21). The van der Waals surface area contributed by atoms with E-state index in [-0.39, 0.29) is 30.4 Å². The van der Waals surface area contributed by atoms with E-state index in [9.17, 15) is 14.7 Å². The maximum Gasteiger partial charge on any atom is 0.222 e. The van der Waals surface area contributed by atoms with E-state index in [4.69, 9.17) is 0 Å². The van der Waals surface area contributed by atoms with Crippen LogP contribution < -0.4 is 10.6 Å². The number of aliphatic hydroxyl groups is 1. The Morgan fingerprint density at radius 3 is 2.65 bits per heavy atom. The van der Waals surface area contributed by atoms with Crippen LogP contribution in [0.4, 0.5) is 0 Å². The van der Waals surface area contributed by atoms with Crippen molar-refractivity contribution in [2.45, 2.75) is 51.2 Å². The highest BCUT2D eigenvalue weighted by Crippen LogP contribution is 2.23. The fraction of sp³-hybridized carbons (Fsp3) is 0.556. The van der Waals surface area contributed by atoms with Crippen LogP contribution in [0.15, 0.2) is 30.3 Å². The molecule has 3 atom stereocenters. The van der Waals surface area contributed by atoms with Gasteiger partial charge in [0.25, 0.3) is 0 Å². The van der Waals surface area contributed by atoms with E-state index < -0.39 is 0 Å². The average Bonchev–Trinajstić information content (AvgIpc) is 2.53. The molecule has 126 valence electrons. The van der Waals surface area contributed by atoms with Crippen LogP contribution in [0.5, 0.6) is 0 Å². The van der Waals surface area contributed by atoms with Crippen molar-refractivity contribution in [3.63, 3.8) is 0 Å². The molecule has 0 bridgehead atoms. The molecule has 1 aliphatic rings. The second-order valence-electron chi connectivity index (χ2n) is 6.36. The van der Waals surface area contributed by atoms with Gasteiger partial charge in [-0.2, -0.15) is 0 Å². The van der Waals surface area contributed by atoms with Gasteiger partial charge < -0.3 is 15.7 Å². The van der Waals surface area contributed by atoms with Gasteiger partial charge in [-0.25, -0.2) is 0 Å². The number of amides is 2. The fourth-order valence-corrected chi connectivity index (χ4v) is 3.15. The van der Waals surface area contributed by atoms with Crippen LogP contribution in [0.3, 0.4) is 0 Å². The van der Waals surface area contributed by atoms with Crippen LogP contribution in [0.25, 0.3) is 0 Å². The fourth-order valence-electron chi connectivity index (χ4n) is 3.15. The van der Waals surface area contributed by atoms with E-state index in [1.54, 1.807) is 0 Å². The molecule has 0 aliphatic heterocycles. The van der Waals surface area contributed by atoms with Crippen LogP contribution in [0.2, 0.25) is 0 Å². The summed E-state index contributed by atoms with van der Waals surface area (Å²) in [5.74, 6) is 0.119. The molecule has 23 heavy (non-hydrogen) atoms. The molecular weight excluding hydrogens is 292 g/mol. The van der Waals surface area contributed by atoms with Crippen molar-refractivity contribution in [2.24, 2.45) is 5.92 Å². The predicted molar refractivity (Wildman–Crippen MR) is 88.6 cm³/mol. The summed E-state index contributed by atoms with van der Waals surface area (Å²) >= 11 is 0. The van der Waals surface area contributed by atoms with E-state index in [1.165, 1.54) is 6.92 Å². The summed E-state index contributed by atoms with van der Waals surface area (Å²) in [5, 5.41) is 15.5. The average molecular weight is 318 g/mol. The molecule has 0 saturated heterocycles. The highest BCUT2D eigenvalue weighted by atomic mass is 16.3. The van der Waals surface area contributed by atoms with Crippen LogP contribution in [-0.4, -0.2) is 29.6 Å². The molecule has 5 heteroatoms. The van der Waals surface area contributed by atoms with Crippen molar-refractivity contribution >= 4 is 11.8 Å². The summed E-state index contributed by atoms with van der Waals surface area (Å²) in [5.41, 5.74) is 0.922. The minimum atomic E-state index is -0.314. The lowest BCUT2D eigenvalue weighted by atomic mass is 9.87. The van der Waals surface area contributed by atoms with Gasteiger partial charge in [0, 0.05) is 13.5 Å². The Labute approximate surface area is 137 Å². The molecule has 0 spiro atoms. The summed E-state index contributed by atoms with van der Waals surface area (Å²) in [6.07, 6.45) is 3.67. The zero-order valence-corrected chi connectivity index (χ0v) is 13.6. The van der Waals surface area contributed by atoms with Gasteiger partial charge in [-0.3, -0.25) is 9.59 Å². The highest BCUT2D eigenvalue weighted by Gasteiger charge is 2.22. The number of hydrogen-bond acceptors (Lipinski definition) is 3. The lowest BCUT2D eigenvalue weighted by Crippen LogP contribution is -2.36. The predicted octanol–water partition coefficient (Wildman–Crippen LogP) is 1.92. The molecule has 2 amide bonds. The van der Waals surface area contributed by atoms with Crippen molar-refractivity contribution in [3.05, 3.63) is 35.9 Å². The molecule has 3 N–H and O–H groups in total. The Morgan fingerprint density at radius 2 is 2.00 bits per heavy atom. The number of benzene rings is 1. The van der Waals surface area contributed by atoms with E-state index in [2.05, 4.69) is 10.6 Å². The molecule has 3 unspecified atom stereocenters. The molecule has 1 aliphatic carbocycles. The van der Waals surface area contributed by atoms with E-state index in [0.717, 1.165) is 31.2 Å². The number of nitrogens with one attached hydrogen (secondary N) is 2. The maximum atomic E-state index is 12.2. The summed E-state index contributed by atoms with van der Waals surface area (Å²) < 4.78 is 0. The molecule has 1 fully saturated rings. The third-order valence-electron chi connectivity index (χ3n) is 4.31. The Balaban J connectivity index is 1.86. The summed E-state index contributed by atoms with van der Waals surface area (Å²) in [6, 6.07) is 9.20. The molecule has 1 saturated carbocycles. The van der Waals surface area contributed by atoms with Crippen molar-refractivity contribution in [1.82, 2.24) is 10.6 Å². The smallest absolute Gasteiger partial charge is 0.222 e. The SMILES string of the molecule is CC(=O)NC(CC(=O)NCC1CCCC(O)C1)c1ccccc1. The molecular formula is C18H26N2O3. The molecule has 0 aromatic heterocycles. The number of carbonyl (C=O) groups excluding carboxylic acids is 2. The molecule has 5 nitrogen and oxygen atoms in total. The largest absolute Gasteiger partial charge is 0.393 e. The van der Waals surface area contributed by atoms with Gasteiger partial charge in [-0.1, -0.05) is 36.8 Å². The molecule has 0 radical (unpaired) electrons. The second-order valence-corrected chi connectivity index (χ2v) is 6.36. The Kier molecular flexibility index (Phi) is 6.59. The first-order valence-electron chi connectivity index (χ1n) is 8.31. The van der Waals surface area contributed by atoms with Crippen LogP contribution in [0, 0.1) is 5.92 Å². The van der Waals surface area contributed by atoms with Gasteiger partial charge in [0.05, 0.1) is 18.6 Å². The van der Waals surface area contributed by atoms with Crippen LogP contribution in [-0.2, 0) is 9.59 Å². The maximum absolute atomic E-state index is 12.2. The summed E-state index contributed by atoms with van der Waals surface area (Å²) in [6.45, 7) is 2.05. The third kappa shape index (κ3) is 6.02. The van der Waals surface area contributed by atoms with E-state index in [0.29, 0.717) is 12.5 Å². The first-order valence-corrected chi connectivity index (χ1v) is 8.31. The number of rotatable bonds is 6. The van der Waals surface area contributed by atoms with Gasteiger partial charge in [0.2, 0.25) is 11.8 Å². The minimum Gasteiger partial charge on any atom is -0.393 e. The van der Waals surface area contributed by atoms with Crippen molar-refractivity contribution in [3.8, 4) is 0 Å². The zero-order chi connectivity index (χ0) is 16.7. The van der Waals surface area contributed by atoms with Crippen LogP contribution >= 0.6 is 0 Å². The van der Waals surface area contributed by atoms with E-state index in [1.807, 2.05) is 30.3 Å². The van der Waals surface area contributed by atoms with Gasteiger partial charge in [0.1, 0.15) is 0 Å². The van der Waals surface area contributed by atoms with Crippen molar-refractivity contribution < 1.29 is 14.7 Å². The van der Waals surface area contributed by atoms with Crippen molar-refractivity contribution in [1.29, 1.82) is 0 Å². The summed E-state index contributed by atoms with van der Waals surface area (Å²) in [7, 11) is 0. The summed E-state index contributed by atoms with van der Waals surface area (Å²) in [4.78, 5) is 23.6. The van der Waals surface area contributed by atoms with Gasteiger partial charge in [0.15, 0.2) is 0 Å². The molecule has 2 rings (SSSR count). The lowest BCUT2D eigenvalue weighted by molar-refractivity contribution is -0.123. The minimum absolute atomic E-state index is 0.0762.